The predicted molar refractivity (Wildman–Crippen MR) is 66.4 cm³/mol. The Hall–Kier alpha value is -1.61. The highest BCUT2D eigenvalue weighted by atomic mass is 16.5. The molecule has 1 heterocycles. The Morgan fingerprint density at radius 3 is 2.88 bits per heavy atom. The molecule has 1 aliphatic rings. The van der Waals surface area contributed by atoms with Crippen molar-refractivity contribution in [2.75, 3.05) is 13.2 Å². The zero-order valence-electron chi connectivity index (χ0n) is 9.39. The molecular weight excluding hydrogens is 200 g/mol. The lowest BCUT2D eigenvalue weighted by Crippen LogP contribution is -2.31. The van der Waals surface area contributed by atoms with Crippen LogP contribution in [0.2, 0.25) is 0 Å². The average molecular weight is 216 g/mol. The molecule has 1 aromatic rings. The monoisotopic (exact) mass is 216 g/mol. The highest BCUT2D eigenvalue weighted by molar-refractivity contribution is 6.09. The summed E-state index contributed by atoms with van der Waals surface area (Å²) in [5, 5.41) is 0. The Morgan fingerprint density at radius 1 is 1.50 bits per heavy atom. The first-order valence-corrected chi connectivity index (χ1v) is 5.39. The second-order valence-corrected chi connectivity index (χ2v) is 3.96. The molecule has 1 aromatic carbocycles. The Bertz CT molecular complexity index is 420. The number of nitrogens with two attached hydrogens (primary N) is 1. The van der Waals surface area contributed by atoms with Crippen LogP contribution in [-0.2, 0) is 4.74 Å². The first kappa shape index (κ1) is 10.9. The van der Waals surface area contributed by atoms with Crippen LogP contribution in [0.5, 0.6) is 0 Å². The van der Waals surface area contributed by atoms with E-state index in [1.807, 2.05) is 18.3 Å². The van der Waals surface area contributed by atoms with E-state index in [-0.39, 0.29) is 0 Å². The van der Waals surface area contributed by atoms with Crippen molar-refractivity contribution in [3.8, 4) is 0 Å². The van der Waals surface area contributed by atoms with Gasteiger partial charge in [0, 0.05) is 18.0 Å². The lowest BCUT2D eigenvalue weighted by atomic mass is 10.1. The summed E-state index contributed by atoms with van der Waals surface area (Å²) in [4.78, 5) is 4.41. The zero-order valence-corrected chi connectivity index (χ0v) is 9.39. The van der Waals surface area contributed by atoms with Gasteiger partial charge in [-0.3, -0.25) is 4.99 Å². The first-order chi connectivity index (χ1) is 7.79. The van der Waals surface area contributed by atoms with Gasteiger partial charge in [0.2, 0.25) is 0 Å². The number of nitrogens with zero attached hydrogens (tertiary/aromatic N) is 1. The SMILES string of the molecule is Cc1cccc(/C(C=NC2COC2)=C/N)c1. The summed E-state index contributed by atoms with van der Waals surface area (Å²) in [6.45, 7) is 3.51. The van der Waals surface area contributed by atoms with Gasteiger partial charge in [0.15, 0.2) is 0 Å². The van der Waals surface area contributed by atoms with Crippen LogP contribution in [0.3, 0.4) is 0 Å². The quantitative estimate of drug-likeness (QED) is 0.783. The maximum absolute atomic E-state index is 5.62. The number of hydrogen-bond donors (Lipinski definition) is 1. The fourth-order valence-corrected chi connectivity index (χ4v) is 1.53. The van der Waals surface area contributed by atoms with Crippen molar-refractivity contribution < 1.29 is 4.74 Å². The number of hydrogen-bond acceptors (Lipinski definition) is 3. The lowest BCUT2D eigenvalue weighted by Gasteiger charge is -2.21. The molecule has 16 heavy (non-hydrogen) atoms. The zero-order chi connectivity index (χ0) is 11.4. The van der Waals surface area contributed by atoms with Crippen molar-refractivity contribution >= 4 is 11.8 Å². The molecule has 0 aliphatic carbocycles. The summed E-state index contributed by atoms with van der Waals surface area (Å²) in [6, 6.07) is 8.53. The average Bonchev–Trinajstić information content (AvgIpc) is 2.22. The summed E-state index contributed by atoms with van der Waals surface area (Å²) >= 11 is 0. The number of rotatable bonds is 3. The number of ether oxygens (including phenoxy) is 1. The molecule has 0 amide bonds. The van der Waals surface area contributed by atoms with Crippen LogP contribution in [0.15, 0.2) is 35.5 Å². The fourth-order valence-electron chi connectivity index (χ4n) is 1.53. The van der Waals surface area contributed by atoms with Gasteiger partial charge in [-0.15, -0.1) is 0 Å². The minimum atomic E-state index is 0.305. The molecule has 1 fully saturated rings. The highest BCUT2D eigenvalue weighted by Gasteiger charge is 2.15. The fraction of sp³-hybridized carbons (Fsp3) is 0.308. The molecular formula is C13H16N2O. The molecule has 0 saturated carbocycles. The van der Waals surface area contributed by atoms with Gasteiger partial charge < -0.3 is 10.5 Å². The first-order valence-electron chi connectivity index (χ1n) is 5.39. The van der Waals surface area contributed by atoms with E-state index in [1.165, 1.54) is 5.56 Å². The van der Waals surface area contributed by atoms with Crippen LogP contribution in [0.1, 0.15) is 11.1 Å². The summed E-state index contributed by atoms with van der Waals surface area (Å²) in [5.74, 6) is 0. The van der Waals surface area contributed by atoms with Crippen LogP contribution in [0.25, 0.3) is 5.57 Å². The Morgan fingerprint density at radius 2 is 2.31 bits per heavy atom. The molecule has 1 saturated heterocycles. The van der Waals surface area contributed by atoms with Gasteiger partial charge in [-0.1, -0.05) is 29.8 Å². The molecule has 2 rings (SSSR count). The molecule has 0 spiro atoms. The summed E-state index contributed by atoms with van der Waals surface area (Å²) < 4.78 is 5.06. The van der Waals surface area contributed by atoms with Crippen molar-refractivity contribution in [1.82, 2.24) is 0 Å². The van der Waals surface area contributed by atoms with Crippen molar-refractivity contribution in [1.29, 1.82) is 0 Å². The van der Waals surface area contributed by atoms with E-state index in [9.17, 15) is 0 Å². The number of aryl methyl sites for hydroxylation is 1. The third-order valence-corrected chi connectivity index (χ3v) is 2.58. The third kappa shape index (κ3) is 2.49. The standard InChI is InChI=1S/C13H16N2O/c1-10-3-2-4-11(5-10)12(6-14)7-15-13-8-16-9-13/h2-7,13H,8-9,14H2,1H3/b12-6+,15-7?. The van der Waals surface area contributed by atoms with E-state index in [1.54, 1.807) is 6.20 Å². The van der Waals surface area contributed by atoms with Crippen LogP contribution in [-0.4, -0.2) is 25.5 Å². The van der Waals surface area contributed by atoms with E-state index >= 15 is 0 Å². The van der Waals surface area contributed by atoms with Crippen molar-refractivity contribution in [3.05, 3.63) is 41.6 Å². The van der Waals surface area contributed by atoms with Gasteiger partial charge in [0.25, 0.3) is 0 Å². The Kier molecular flexibility index (Phi) is 3.37. The van der Waals surface area contributed by atoms with E-state index < -0.39 is 0 Å². The van der Waals surface area contributed by atoms with Crippen LogP contribution in [0, 0.1) is 6.92 Å². The van der Waals surface area contributed by atoms with Gasteiger partial charge in [-0.2, -0.15) is 0 Å². The predicted octanol–water partition coefficient (Wildman–Crippen LogP) is 1.76. The van der Waals surface area contributed by atoms with Gasteiger partial charge in [0.05, 0.1) is 19.3 Å². The Labute approximate surface area is 95.6 Å². The van der Waals surface area contributed by atoms with Crippen molar-refractivity contribution in [3.63, 3.8) is 0 Å². The maximum Gasteiger partial charge on any atom is 0.0966 e. The molecule has 3 nitrogen and oxygen atoms in total. The van der Waals surface area contributed by atoms with E-state index in [0.717, 1.165) is 24.4 Å². The molecule has 0 bridgehead atoms. The molecule has 2 N–H and O–H groups in total. The molecule has 3 heteroatoms. The third-order valence-electron chi connectivity index (χ3n) is 2.58. The van der Waals surface area contributed by atoms with Gasteiger partial charge >= 0.3 is 0 Å². The Balaban J connectivity index is 2.13. The second-order valence-electron chi connectivity index (χ2n) is 3.96. The van der Waals surface area contributed by atoms with Gasteiger partial charge in [-0.05, 0) is 12.5 Å². The van der Waals surface area contributed by atoms with E-state index in [4.69, 9.17) is 10.5 Å². The van der Waals surface area contributed by atoms with E-state index in [0.29, 0.717) is 6.04 Å². The van der Waals surface area contributed by atoms with Crippen LogP contribution in [0.4, 0.5) is 0 Å². The molecule has 0 radical (unpaired) electrons. The minimum absolute atomic E-state index is 0.305. The number of aliphatic imine (C=N–C) groups is 1. The van der Waals surface area contributed by atoms with Gasteiger partial charge in [-0.25, -0.2) is 0 Å². The van der Waals surface area contributed by atoms with Gasteiger partial charge in [0.1, 0.15) is 0 Å². The van der Waals surface area contributed by atoms with E-state index in [2.05, 4.69) is 24.0 Å². The lowest BCUT2D eigenvalue weighted by molar-refractivity contribution is 0.0136. The maximum atomic E-state index is 5.62. The second kappa shape index (κ2) is 4.94. The summed E-state index contributed by atoms with van der Waals surface area (Å²) in [5.41, 5.74) is 8.89. The highest BCUT2D eigenvalue weighted by Crippen LogP contribution is 2.14. The molecule has 0 aromatic heterocycles. The normalized spacial score (nSPS) is 17.7. The van der Waals surface area contributed by atoms with Crippen molar-refractivity contribution in [2.24, 2.45) is 10.7 Å². The number of allylic oxidation sites excluding steroid dienone is 1. The van der Waals surface area contributed by atoms with Crippen LogP contribution < -0.4 is 5.73 Å². The summed E-state index contributed by atoms with van der Waals surface area (Å²) in [6.07, 6.45) is 3.43. The summed E-state index contributed by atoms with van der Waals surface area (Å²) in [7, 11) is 0. The molecule has 1 aliphatic heterocycles. The van der Waals surface area contributed by atoms with Crippen molar-refractivity contribution in [2.45, 2.75) is 13.0 Å². The van der Waals surface area contributed by atoms with Crippen LogP contribution >= 0.6 is 0 Å². The molecule has 84 valence electrons. The number of benzene rings is 1. The smallest absolute Gasteiger partial charge is 0.0966 e. The molecule has 0 atom stereocenters. The molecule has 0 unspecified atom stereocenters. The topological polar surface area (TPSA) is 47.6 Å². The minimum Gasteiger partial charge on any atom is -0.404 e. The largest absolute Gasteiger partial charge is 0.404 e.